The lowest BCUT2D eigenvalue weighted by atomic mass is 10.0. The van der Waals surface area contributed by atoms with Gasteiger partial charge in [0.15, 0.2) is 0 Å². The summed E-state index contributed by atoms with van der Waals surface area (Å²) in [5.74, 6) is 0. The molecule has 3 aromatic rings. The lowest BCUT2D eigenvalue weighted by Gasteiger charge is -2.21. The first-order chi connectivity index (χ1) is 13.7. The third-order valence-corrected chi connectivity index (χ3v) is 4.54. The van der Waals surface area contributed by atoms with Crippen molar-refractivity contribution in [3.05, 3.63) is 96.3 Å². The summed E-state index contributed by atoms with van der Waals surface area (Å²) in [4.78, 5) is 19.0. The van der Waals surface area contributed by atoms with Crippen molar-refractivity contribution in [2.75, 3.05) is 25.0 Å². The van der Waals surface area contributed by atoms with E-state index in [1.165, 1.54) is 5.69 Å². The molecule has 5 nitrogen and oxygen atoms in total. The number of aromatic nitrogens is 1. The van der Waals surface area contributed by atoms with Gasteiger partial charge in [-0.05, 0) is 36.2 Å². The van der Waals surface area contributed by atoms with Gasteiger partial charge in [0.2, 0.25) is 0 Å². The number of pyridine rings is 1. The topological polar surface area (TPSA) is 57.3 Å². The molecule has 1 aromatic heterocycles. The van der Waals surface area contributed by atoms with Crippen LogP contribution in [-0.4, -0.2) is 31.2 Å². The van der Waals surface area contributed by atoms with Crippen LogP contribution in [0.1, 0.15) is 23.7 Å². The number of amides is 2. The summed E-state index contributed by atoms with van der Waals surface area (Å²) in [6.07, 6.45) is 2.60. The van der Waals surface area contributed by atoms with E-state index >= 15 is 0 Å². The molecule has 1 atom stereocenters. The van der Waals surface area contributed by atoms with E-state index in [9.17, 15) is 4.79 Å². The van der Waals surface area contributed by atoms with Gasteiger partial charge in [-0.2, -0.15) is 0 Å². The van der Waals surface area contributed by atoms with E-state index in [1.54, 1.807) is 6.20 Å². The smallest absolute Gasteiger partial charge is 0.315 e. The Labute approximate surface area is 166 Å². The highest BCUT2D eigenvalue weighted by molar-refractivity contribution is 5.74. The van der Waals surface area contributed by atoms with Crippen LogP contribution in [0.15, 0.2) is 85.1 Å². The van der Waals surface area contributed by atoms with E-state index in [0.29, 0.717) is 6.54 Å². The van der Waals surface area contributed by atoms with Crippen LogP contribution in [0.3, 0.4) is 0 Å². The summed E-state index contributed by atoms with van der Waals surface area (Å²) >= 11 is 0. The van der Waals surface area contributed by atoms with Crippen LogP contribution in [0, 0.1) is 0 Å². The zero-order valence-corrected chi connectivity index (χ0v) is 16.1. The van der Waals surface area contributed by atoms with Crippen molar-refractivity contribution in [3.8, 4) is 0 Å². The Bertz CT molecular complexity index is 801. The van der Waals surface area contributed by atoms with E-state index in [0.717, 1.165) is 24.2 Å². The standard InChI is InChI=1S/C23H26N4O/c1-27(20-13-6-3-7-14-20)18-10-17-25-23(28)26-22(19-11-4-2-5-12-19)21-15-8-9-16-24-21/h2-9,11-16,22H,10,17-18H2,1H3,(H2,25,26,28)/t22-/m1/s1. The van der Waals surface area contributed by atoms with E-state index < -0.39 is 0 Å². The predicted octanol–water partition coefficient (Wildman–Crippen LogP) is 4.00. The second-order valence-electron chi connectivity index (χ2n) is 6.61. The molecule has 0 saturated heterocycles. The molecule has 0 aliphatic heterocycles. The monoisotopic (exact) mass is 374 g/mol. The van der Waals surface area contributed by atoms with Crippen LogP contribution < -0.4 is 15.5 Å². The molecule has 0 unspecified atom stereocenters. The van der Waals surface area contributed by atoms with Crippen molar-refractivity contribution in [3.63, 3.8) is 0 Å². The minimum Gasteiger partial charge on any atom is -0.375 e. The van der Waals surface area contributed by atoms with Gasteiger partial charge in [0.25, 0.3) is 0 Å². The van der Waals surface area contributed by atoms with Gasteiger partial charge >= 0.3 is 6.03 Å². The highest BCUT2D eigenvalue weighted by atomic mass is 16.2. The zero-order valence-electron chi connectivity index (χ0n) is 16.1. The lowest BCUT2D eigenvalue weighted by molar-refractivity contribution is 0.238. The van der Waals surface area contributed by atoms with Crippen molar-refractivity contribution in [2.24, 2.45) is 0 Å². The number of hydrogen-bond acceptors (Lipinski definition) is 3. The number of urea groups is 1. The van der Waals surface area contributed by atoms with Crippen LogP contribution in [0.5, 0.6) is 0 Å². The van der Waals surface area contributed by atoms with E-state index in [1.807, 2.05) is 66.7 Å². The molecule has 28 heavy (non-hydrogen) atoms. The van der Waals surface area contributed by atoms with Crippen LogP contribution in [0.2, 0.25) is 0 Å². The first-order valence-electron chi connectivity index (χ1n) is 9.50. The molecule has 0 aliphatic carbocycles. The van der Waals surface area contributed by atoms with Crippen LogP contribution >= 0.6 is 0 Å². The Morgan fingerprint density at radius 2 is 1.64 bits per heavy atom. The highest BCUT2D eigenvalue weighted by Gasteiger charge is 2.17. The Hall–Kier alpha value is -3.34. The second kappa shape index (κ2) is 10.1. The highest BCUT2D eigenvalue weighted by Crippen LogP contribution is 2.19. The molecule has 2 amide bonds. The normalized spacial score (nSPS) is 11.5. The number of rotatable bonds is 8. The third-order valence-electron chi connectivity index (χ3n) is 4.54. The molecule has 5 heteroatoms. The maximum atomic E-state index is 12.5. The van der Waals surface area contributed by atoms with Crippen molar-refractivity contribution in [1.82, 2.24) is 15.6 Å². The van der Waals surface area contributed by atoms with Gasteiger partial charge in [-0.3, -0.25) is 4.98 Å². The number of para-hydroxylation sites is 1. The van der Waals surface area contributed by atoms with Gasteiger partial charge in [-0.25, -0.2) is 4.79 Å². The summed E-state index contributed by atoms with van der Waals surface area (Å²) in [7, 11) is 2.06. The maximum Gasteiger partial charge on any atom is 0.315 e. The van der Waals surface area contributed by atoms with Crippen molar-refractivity contribution in [1.29, 1.82) is 0 Å². The number of hydrogen-bond donors (Lipinski definition) is 2. The number of carbonyl (C=O) groups is 1. The van der Waals surface area contributed by atoms with Gasteiger partial charge in [0.05, 0.1) is 11.7 Å². The Morgan fingerprint density at radius 1 is 0.964 bits per heavy atom. The summed E-state index contributed by atoms with van der Waals surface area (Å²) < 4.78 is 0. The SMILES string of the molecule is CN(CCCNC(=O)N[C@H](c1ccccc1)c1ccccn1)c1ccccc1. The van der Waals surface area contributed by atoms with Crippen LogP contribution in [0.4, 0.5) is 10.5 Å². The van der Waals surface area contributed by atoms with Gasteiger partial charge in [-0.1, -0.05) is 54.6 Å². The molecule has 0 aliphatic rings. The first-order valence-corrected chi connectivity index (χ1v) is 9.50. The number of anilines is 1. The number of nitrogens with zero attached hydrogens (tertiary/aromatic N) is 2. The van der Waals surface area contributed by atoms with Gasteiger partial charge < -0.3 is 15.5 Å². The van der Waals surface area contributed by atoms with E-state index in [4.69, 9.17) is 0 Å². The number of carbonyl (C=O) groups excluding carboxylic acids is 1. The zero-order chi connectivity index (χ0) is 19.6. The number of benzene rings is 2. The molecule has 2 aromatic carbocycles. The molecule has 0 saturated carbocycles. The van der Waals surface area contributed by atoms with Gasteiger partial charge in [0, 0.05) is 32.0 Å². The average Bonchev–Trinajstić information content (AvgIpc) is 2.76. The molecule has 2 N–H and O–H groups in total. The second-order valence-corrected chi connectivity index (χ2v) is 6.61. The molecule has 3 rings (SSSR count). The summed E-state index contributed by atoms with van der Waals surface area (Å²) in [5, 5.41) is 6.00. The van der Waals surface area contributed by atoms with E-state index in [2.05, 4.69) is 39.7 Å². The Balaban J connectivity index is 1.52. The van der Waals surface area contributed by atoms with Crippen LogP contribution in [-0.2, 0) is 0 Å². The summed E-state index contributed by atoms with van der Waals surface area (Å²) in [6, 6.07) is 25.3. The minimum atomic E-state index is -0.283. The predicted molar refractivity (Wildman–Crippen MR) is 113 cm³/mol. The average molecular weight is 374 g/mol. The van der Waals surface area contributed by atoms with Gasteiger partial charge in [-0.15, -0.1) is 0 Å². The number of nitrogens with one attached hydrogen (secondary N) is 2. The molecule has 0 fully saturated rings. The third kappa shape index (κ3) is 5.58. The molecular weight excluding hydrogens is 348 g/mol. The maximum absolute atomic E-state index is 12.5. The molecule has 0 bridgehead atoms. The fourth-order valence-electron chi connectivity index (χ4n) is 3.03. The minimum absolute atomic E-state index is 0.193. The first kappa shape index (κ1) is 19.4. The molecule has 1 heterocycles. The van der Waals surface area contributed by atoms with Crippen molar-refractivity contribution < 1.29 is 4.79 Å². The quantitative estimate of drug-likeness (QED) is 0.586. The van der Waals surface area contributed by atoms with Gasteiger partial charge in [0.1, 0.15) is 0 Å². The Morgan fingerprint density at radius 3 is 2.32 bits per heavy atom. The summed E-state index contributed by atoms with van der Waals surface area (Å²) in [6.45, 7) is 1.47. The van der Waals surface area contributed by atoms with E-state index in [-0.39, 0.29) is 12.1 Å². The Kier molecular flexibility index (Phi) is 7.01. The fraction of sp³-hybridized carbons (Fsp3) is 0.217. The largest absolute Gasteiger partial charge is 0.375 e. The van der Waals surface area contributed by atoms with Crippen LogP contribution in [0.25, 0.3) is 0 Å². The molecule has 0 radical (unpaired) electrons. The van der Waals surface area contributed by atoms with Crippen molar-refractivity contribution in [2.45, 2.75) is 12.5 Å². The fourth-order valence-corrected chi connectivity index (χ4v) is 3.03. The molecular formula is C23H26N4O. The molecule has 144 valence electrons. The molecule has 0 spiro atoms. The lowest BCUT2D eigenvalue weighted by Crippen LogP contribution is -2.39. The van der Waals surface area contributed by atoms with Crippen molar-refractivity contribution >= 4 is 11.7 Å². The summed E-state index contributed by atoms with van der Waals surface area (Å²) in [5.41, 5.74) is 2.99.